The zero-order valence-electron chi connectivity index (χ0n) is 15.2. The molecule has 4 rings (SSSR count). The summed E-state index contributed by atoms with van der Waals surface area (Å²) in [6.45, 7) is 5.05. The third-order valence-corrected chi connectivity index (χ3v) is 7.05. The number of fused-ring (bicyclic) bond motifs is 1. The second-order valence-corrected chi connectivity index (χ2v) is 8.68. The van der Waals surface area contributed by atoms with Crippen molar-refractivity contribution in [3.8, 4) is 11.1 Å². The standard InChI is InChI=1S/C20H22N2O2S2/c1-12-6-7-14(9-13(12)2)16-11-25-18-17(16)19(23)22(3)20(21-18)26-10-15-5-4-8-24-15/h6-7,9,11,15H,4-5,8,10H2,1-3H3. The highest BCUT2D eigenvalue weighted by Gasteiger charge is 2.19. The fraction of sp³-hybridized carbons (Fsp3) is 0.400. The first-order chi connectivity index (χ1) is 12.5. The first-order valence-corrected chi connectivity index (χ1v) is 10.7. The van der Waals surface area contributed by atoms with Crippen LogP contribution in [0.4, 0.5) is 0 Å². The molecule has 0 bridgehead atoms. The molecule has 1 unspecified atom stereocenters. The molecular weight excluding hydrogens is 364 g/mol. The molecular formula is C20H22N2O2S2. The maximum atomic E-state index is 13.0. The van der Waals surface area contributed by atoms with Gasteiger partial charge in [-0.05, 0) is 43.4 Å². The topological polar surface area (TPSA) is 44.1 Å². The van der Waals surface area contributed by atoms with E-state index < -0.39 is 0 Å². The van der Waals surface area contributed by atoms with E-state index in [4.69, 9.17) is 9.72 Å². The molecule has 26 heavy (non-hydrogen) atoms. The van der Waals surface area contributed by atoms with Gasteiger partial charge in [-0.2, -0.15) is 0 Å². The molecule has 0 amide bonds. The van der Waals surface area contributed by atoms with E-state index in [-0.39, 0.29) is 11.7 Å². The van der Waals surface area contributed by atoms with Crippen LogP contribution in [0.25, 0.3) is 21.3 Å². The molecule has 136 valence electrons. The molecule has 2 aromatic heterocycles. The Balaban J connectivity index is 1.73. The van der Waals surface area contributed by atoms with Crippen molar-refractivity contribution < 1.29 is 4.74 Å². The Labute approximate surface area is 161 Å². The van der Waals surface area contributed by atoms with Crippen LogP contribution in [0, 0.1) is 13.8 Å². The van der Waals surface area contributed by atoms with Crippen molar-refractivity contribution in [2.24, 2.45) is 7.05 Å². The van der Waals surface area contributed by atoms with E-state index in [9.17, 15) is 4.79 Å². The lowest BCUT2D eigenvalue weighted by Crippen LogP contribution is -2.20. The summed E-state index contributed by atoms with van der Waals surface area (Å²) in [5.41, 5.74) is 4.58. The second-order valence-electron chi connectivity index (χ2n) is 6.83. The maximum Gasteiger partial charge on any atom is 0.263 e. The van der Waals surface area contributed by atoms with Crippen LogP contribution in [0.5, 0.6) is 0 Å². The van der Waals surface area contributed by atoms with Crippen LogP contribution in [0.15, 0.2) is 33.5 Å². The number of benzene rings is 1. The minimum Gasteiger partial charge on any atom is -0.377 e. The Bertz CT molecular complexity index is 1020. The summed E-state index contributed by atoms with van der Waals surface area (Å²) >= 11 is 3.16. The molecule has 1 atom stereocenters. The number of ether oxygens (including phenoxy) is 1. The lowest BCUT2D eigenvalue weighted by atomic mass is 10.0. The summed E-state index contributed by atoms with van der Waals surface area (Å²) < 4.78 is 7.36. The summed E-state index contributed by atoms with van der Waals surface area (Å²) in [5.74, 6) is 0.848. The van der Waals surface area contributed by atoms with Crippen molar-refractivity contribution in [3.05, 3.63) is 45.1 Å². The summed E-state index contributed by atoms with van der Waals surface area (Å²) in [4.78, 5) is 18.6. The highest BCUT2D eigenvalue weighted by molar-refractivity contribution is 7.99. The van der Waals surface area contributed by atoms with Gasteiger partial charge in [-0.1, -0.05) is 30.0 Å². The second kappa shape index (κ2) is 7.18. The molecule has 0 saturated carbocycles. The first-order valence-electron chi connectivity index (χ1n) is 8.85. The lowest BCUT2D eigenvalue weighted by Gasteiger charge is -2.11. The van der Waals surface area contributed by atoms with Gasteiger partial charge in [-0.25, -0.2) is 4.98 Å². The molecule has 1 saturated heterocycles. The van der Waals surface area contributed by atoms with Gasteiger partial charge in [0, 0.05) is 30.4 Å². The summed E-state index contributed by atoms with van der Waals surface area (Å²) in [6.07, 6.45) is 2.50. The van der Waals surface area contributed by atoms with E-state index in [1.165, 1.54) is 11.1 Å². The summed E-state index contributed by atoms with van der Waals surface area (Å²) in [7, 11) is 1.81. The molecule has 0 radical (unpaired) electrons. The van der Waals surface area contributed by atoms with Gasteiger partial charge in [0.15, 0.2) is 5.16 Å². The van der Waals surface area contributed by atoms with Gasteiger partial charge in [0.05, 0.1) is 11.5 Å². The first kappa shape index (κ1) is 17.8. The van der Waals surface area contributed by atoms with Gasteiger partial charge in [0.1, 0.15) is 4.83 Å². The van der Waals surface area contributed by atoms with Crippen LogP contribution in [0.3, 0.4) is 0 Å². The van der Waals surface area contributed by atoms with Crippen molar-refractivity contribution >= 4 is 33.3 Å². The third-order valence-electron chi connectivity index (χ3n) is 5.01. The van der Waals surface area contributed by atoms with E-state index in [0.717, 1.165) is 51.7 Å². The number of rotatable bonds is 4. The van der Waals surface area contributed by atoms with Crippen LogP contribution in [-0.2, 0) is 11.8 Å². The summed E-state index contributed by atoms with van der Waals surface area (Å²) in [6, 6.07) is 6.34. The van der Waals surface area contributed by atoms with E-state index in [1.807, 2.05) is 7.05 Å². The third kappa shape index (κ3) is 3.21. The number of aryl methyl sites for hydroxylation is 2. The molecule has 1 aliphatic rings. The Morgan fingerprint density at radius 3 is 2.92 bits per heavy atom. The quantitative estimate of drug-likeness (QED) is 0.487. The summed E-state index contributed by atoms with van der Waals surface area (Å²) in [5, 5.41) is 3.55. The van der Waals surface area contributed by atoms with Gasteiger partial charge in [0.25, 0.3) is 5.56 Å². The van der Waals surface area contributed by atoms with E-state index in [1.54, 1.807) is 27.7 Å². The average molecular weight is 387 g/mol. The Morgan fingerprint density at radius 2 is 2.19 bits per heavy atom. The van der Waals surface area contributed by atoms with Crippen LogP contribution >= 0.6 is 23.1 Å². The maximum absolute atomic E-state index is 13.0. The molecule has 1 aliphatic heterocycles. The molecule has 3 heterocycles. The number of hydrogen-bond acceptors (Lipinski definition) is 5. The smallest absolute Gasteiger partial charge is 0.263 e. The van der Waals surface area contributed by atoms with E-state index in [2.05, 4.69) is 37.4 Å². The number of thiophene rings is 1. The normalized spacial score (nSPS) is 17.3. The largest absolute Gasteiger partial charge is 0.377 e. The van der Waals surface area contributed by atoms with Crippen molar-refractivity contribution in [1.29, 1.82) is 0 Å². The molecule has 4 nitrogen and oxygen atoms in total. The fourth-order valence-corrected chi connectivity index (χ4v) is 5.27. The van der Waals surface area contributed by atoms with Crippen LogP contribution in [0.1, 0.15) is 24.0 Å². The SMILES string of the molecule is Cc1ccc(-c2csc3nc(SCC4CCCO4)n(C)c(=O)c23)cc1C. The molecule has 1 fully saturated rings. The van der Waals surface area contributed by atoms with Crippen LogP contribution in [0.2, 0.25) is 0 Å². The molecule has 3 aromatic rings. The number of aromatic nitrogens is 2. The lowest BCUT2D eigenvalue weighted by molar-refractivity contribution is 0.129. The predicted molar refractivity (Wildman–Crippen MR) is 109 cm³/mol. The zero-order valence-corrected chi connectivity index (χ0v) is 16.9. The van der Waals surface area contributed by atoms with Crippen LogP contribution < -0.4 is 5.56 Å². The van der Waals surface area contributed by atoms with Crippen molar-refractivity contribution in [1.82, 2.24) is 9.55 Å². The molecule has 0 spiro atoms. The Hall–Kier alpha value is -1.63. The van der Waals surface area contributed by atoms with Crippen LogP contribution in [-0.4, -0.2) is 28.0 Å². The zero-order chi connectivity index (χ0) is 18.3. The fourth-order valence-electron chi connectivity index (χ4n) is 3.25. The van der Waals surface area contributed by atoms with Gasteiger partial charge in [0.2, 0.25) is 0 Å². The van der Waals surface area contributed by atoms with E-state index >= 15 is 0 Å². The molecule has 1 aromatic carbocycles. The van der Waals surface area contributed by atoms with Gasteiger partial charge < -0.3 is 4.74 Å². The van der Waals surface area contributed by atoms with Gasteiger partial charge in [-0.15, -0.1) is 11.3 Å². The minimum atomic E-state index is 0.0271. The number of hydrogen-bond donors (Lipinski definition) is 0. The highest BCUT2D eigenvalue weighted by Crippen LogP contribution is 2.33. The predicted octanol–water partition coefficient (Wildman–Crippen LogP) is 4.55. The Kier molecular flexibility index (Phi) is 4.90. The van der Waals surface area contributed by atoms with E-state index in [0.29, 0.717) is 0 Å². The average Bonchev–Trinajstić information content (AvgIpc) is 3.29. The molecule has 0 aliphatic carbocycles. The monoisotopic (exact) mass is 386 g/mol. The van der Waals surface area contributed by atoms with Crippen molar-refractivity contribution in [3.63, 3.8) is 0 Å². The van der Waals surface area contributed by atoms with Crippen molar-refractivity contribution in [2.75, 3.05) is 12.4 Å². The van der Waals surface area contributed by atoms with Gasteiger partial charge in [-0.3, -0.25) is 9.36 Å². The minimum absolute atomic E-state index is 0.0271. The molecule has 0 N–H and O–H groups in total. The number of nitrogens with zero attached hydrogens (tertiary/aromatic N) is 2. The molecule has 6 heteroatoms. The number of thioether (sulfide) groups is 1. The highest BCUT2D eigenvalue weighted by atomic mass is 32.2. The van der Waals surface area contributed by atoms with Gasteiger partial charge >= 0.3 is 0 Å². The van der Waals surface area contributed by atoms with Crippen molar-refractivity contribution in [2.45, 2.75) is 37.9 Å². The Morgan fingerprint density at radius 1 is 1.35 bits per heavy atom.